The van der Waals surface area contributed by atoms with Gasteiger partial charge in [-0.3, -0.25) is 10.1 Å². The van der Waals surface area contributed by atoms with E-state index >= 15 is 0 Å². The van der Waals surface area contributed by atoms with Gasteiger partial charge in [-0.05, 0) is 22.6 Å². The molecule has 0 aliphatic rings. The van der Waals surface area contributed by atoms with Crippen molar-refractivity contribution in [1.29, 1.82) is 0 Å². The number of nitro groups is 1. The molecule has 0 aliphatic carbocycles. The van der Waals surface area contributed by atoms with Crippen molar-refractivity contribution in [1.82, 2.24) is 0 Å². The lowest BCUT2D eigenvalue weighted by molar-refractivity contribution is -0.384. The van der Waals surface area contributed by atoms with Crippen LogP contribution in [-0.2, 0) is 4.79 Å². The SMILES string of the molecule is C#CCC(Nc1cc(F)c(I)cc1[N+](=O)[O-])C(=O)O. The maximum absolute atomic E-state index is 13.4. The number of hydrogen-bond donors (Lipinski definition) is 2. The van der Waals surface area contributed by atoms with E-state index in [0.717, 1.165) is 12.1 Å². The summed E-state index contributed by atoms with van der Waals surface area (Å²) in [7, 11) is 0. The number of carboxylic acids is 1. The normalized spacial score (nSPS) is 11.4. The average Bonchev–Trinajstić information content (AvgIpc) is 2.32. The van der Waals surface area contributed by atoms with Gasteiger partial charge < -0.3 is 10.4 Å². The van der Waals surface area contributed by atoms with Gasteiger partial charge in [-0.1, -0.05) is 0 Å². The predicted molar refractivity (Wildman–Crippen MR) is 74.3 cm³/mol. The molecule has 2 N–H and O–H groups in total. The van der Waals surface area contributed by atoms with E-state index in [2.05, 4.69) is 11.2 Å². The number of nitrogens with one attached hydrogen (secondary N) is 1. The molecule has 0 fully saturated rings. The fourth-order valence-electron chi connectivity index (χ4n) is 1.31. The molecule has 1 aromatic rings. The molecule has 0 aromatic heterocycles. The summed E-state index contributed by atoms with van der Waals surface area (Å²) in [4.78, 5) is 21.0. The van der Waals surface area contributed by atoms with Gasteiger partial charge in [-0.2, -0.15) is 0 Å². The highest BCUT2D eigenvalue weighted by molar-refractivity contribution is 14.1. The Bertz CT molecular complexity index is 571. The van der Waals surface area contributed by atoms with Crippen LogP contribution in [0.5, 0.6) is 0 Å². The summed E-state index contributed by atoms with van der Waals surface area (Å²) in [6, 6.07) is 0.683. The molecule has 1 atom stereocenters. The Balaban J connectivity index is 3.18. The molecule has 1 rings (SSSR count). The molecule has 0 spiro atoms. The van der Waals surface area contributed by atoms with Crippen LogP contribution >= 0.6 is 22.6 Å². The van der Waals surface area contributed by atoms with Crippen LogP contribution in [0.15, 0.2) is 12.1 Å². The number of carboxylic acid groups (broad SMARTS) is 1. The molecular formula is C11H8FIN2O4. The van der Waals surface area contributed by atoms with Crippen LogP contribution in [0.2, 0.25) is 0 Å². The third-order valence-corrected chi connectivity index (χ3v) is 3.01. The van der Waals surface area contributed by atoms with Gasteiger partial charge in [0.05, 0.1) is 8.49 Å². The van der Waals surface area contributed by atoms with Crippen molar-refractivity contribution >= 4 is 39.9 Å². The lowest BCUT2D eigenvalue weighted by Crippen LogP contribution is -2.29. The second-order valence-corrected chi connectivity index (χ2v) is 4.65. The number of hydrogen-bond acceptors (Lipinski definition) is 4. The summed E-state index contributed by atoms with van der Waals surface area (Å²) in [6.45, 7) is 0. The summed E-state index contributed by atoms with van der Waals surface area (Å²) in [6.07, 6.45) is 4.83. The number of benzene rings is 1. The molecular weight excluding hydrogens is 370 g/mol. The van der Waals surface area contributed by atoms with Crippen LogP contribution < -0.4 is 5.32 Å². The molecule has 0 heterocycles. The minimum absolute atomic E-state index is 0.0682. The first-order valence-electron chi connectivity index (χ1n) is 4.93. The monoisotopic (exact) mass is 378 g/mol. The van der Waals surface area contributed by atoms with E-state index in [-0.39, 0.29) is 15.7 Å². The zero-order valence-corrected chi connectivity index (χ0v) is 11.5. The molecule has 100 valence electrons. The Morgan fingerprint density at radius 1 is 1.68 bits per heavy atom. The standard InChI is InChI=1S/C11H8FIN2O4/c1-2-3-8(11(16)17)14-9-4-6(12)7(13)5-10(9)15(18)19/h1,4-5,8,14H,3H2,(H,16,17). The summed E-state index contributed by atoms with van der Waals surface area (Å²) in [5, 5.41) is 22.1. The topological polar surface area (TPSA) is 92.5 Å². The van der Waals surface area contributed by atoms with E-state index in [4.69, 9.17) is 11.5 Å². The number of nitrogens with zero attached hydrogens (tertiary/aromatic N) is 1. The van der Waals surface area contributed by atoms with E-state index in [9.17, 15) is 19.3 Å². The largest absolute Gasteiger partial charge is 0.480 e. The fraction of sp³-hybridized carbons (Fsp3) is 0.182. The number of nitro benzene ring substituents is 1. The Kier molecular flexibility index (Phi) is 5.05. The van der Waals surface area contributed by atoms with Gasteiger partial charge in [-0.15, -0.1) is 12.3 Å². The molecule has 0 bridgehead atoms. The van der Waals surface area contributed by atoms with Crippen molar-refractivity contribution in [2.24, 2.45) is 0 Å². The van der Waals surface area contributed by atoms with Gasteiger partial charge in [0.2, 0.25) is 0 Å². The smallest absolute Gasteiger partial charge is 0.327 e. The molecule has 1 aromatic carbocycles. The second-order valence-electron chi connectivity index (χ2n) is 3.48. The zero-order chi connectivity index (χ0) is 14.6. The first-order chi connectivity index (χ1) is 8.86. The maximum atomic E-state index is 13.4. The Labute approximate surface area is 121 Å². The van der Waals surface area contributed by atoms with Crippen LogP contribution in [-0.4, -0.2) is 22.0 Å². The first-order valence-corrected chi connectivity index (χ1v) is 6.01. The van der Waals surface area contributed by atoms with Crippen LogP contribution in [0.25, 0.3) is 0 Å². The molecule has 6 nitrogen and oxygen atoms in total. The average molecular weight is 378 g/mol. The predicted octanol–water partition coefficient (Wildman–Crippen LogP) is 2.23. The second kappa shape index (κ2) is 6.33. The number of halogens is 2. The third kappa shape index (κ3) is 3.78. The molecule has 0 radical (unpaired) electrons. The van der Waals surface area contributed by atoms with E-state index in [1.807, 2.05) is 0 Å². The molecule has 0 aliphatic heterocycles. The summed E-state index contributed by atoms with van der Waals surface area (Å²) >= 11 is 1.61. The zero-order valence-electron chi connectivity index (χ0n) is 9.39. The highest BCUT2D eigenvalue weighted by Gasteiger charge is 2.23. The number of rotatable bonds is 5. The summed E-state index contributed by atoms with van der Waals surface area (Å²) in [5.74, 6) is 0.182. The minimum atomic E-state index is -1.27. The lowest BCUT2D eigenvalue weighted by atomic mass is 10.2. The fourth-order valence-corrected chi connectivity index (χ4v) is 1.76. The van der Waals surface area contributed by atoms with Crippen LogP contribution in [0.1, 0.15) is 6.42 Å². The minimum Gasteiger partial charge on any atom is -0.480 e. The van der Waals surface area contributed by atoms with Crippen molar-refractivity contribution in [2.75, 3.05) is 5.32 Å². The summed E-state index contributed by atoms with van der Waals surface area (Å²) < 4.78 is 13.5. The van der Waals surface area contributed by atoms with Crippen molar-refractivity contribution in [3.63, 3.8) is 0 Å². The van der Waals surface area contributed by atoms with Gasteiger partial charge in [0.25, 0.3) is 5.69 Å². The Morgan fingerprint density at radius 3 is 2.79 bits per heavy atom. The summed E-state index contributed by atoms with van der Waals surface area (Å²) in [5.41, 5.74) is -0.625. The molecule has 19 heavy (non-hydrogen) atoms. The quantitative estimate of drug-likeness (QED) is 0.355. The van der Waals surface area contributed by atoms with E-state index in [1.165, 1.54) is 0 Å². The number of carbonyl (C=O) groups is 1. The molecule has 8 heteroatoms. The van der Waals surface area contributed by atoms with Gasteiger partial charge >= 0.3 is 5.97 Å². The van der Waals surface area contributed by atoms with E-state index in [1.54, 1.807) is 22.6 Å². The van der Waals surface area contributed by atoms with Gasteiger partial charge in [0.1, 0.15) is 17.5 Å². The van der Waals surface area contributed by atoms with Crippen molar-refractivity contribution in [3.05, 3.63) is 31.6 Å². The molecule has 0 saturated heterocycles. The molecule has 1 unspecified atom stereocenters. The van der Waals surface area contributed by atoms with E-state index < -0.39 is 28.4 Å². The van der Waals surface area contributed by atoms with Crippen molar-refractivity contribution in [3.8, 4) is 12.3 Å². The Morgan fingerprint density at radius 2 is 2.32 bits per heavy atom. The Hall–Kier alpha value is -1.89. The molecule has 0 amide bonds. The highest BCUT2D eigenvalue weighted by Crippen LogP contribution is 2.29. The highest BCUT2D eigenvalue weighted by atomic mass is 127. The van der Waals surface area contributed by atoms with E-state index in [0.29, 0.717) is 0 Å². The van der Waals surface area contributed by atoms with Crippen LogP contribution in [0.3, 0.4) is 0 Å². The first kappa shape index (κ1) is 15.2. The van der Waals surface area contributed by atoms with Crippen LogP contribution in [0.4, 0.5) is 15.8 Å². The lowest BCUT2D eigenvalue weighted by Gasteiger charge is -2.13. The van der Waals surface area contributed by atoms with Crippen molar-refractivity contribution in [2.45, 2.75) is 12.5 Å². The molecule has 0 saturated carbocycles. The number of terminal acetylenes is 1. The van der Waals surface area contributed by atoms with Gasteiger partial charge in [0, 0.05) is 18.6 Å². The number of aliphatic carboxylic acids is 1. The van der Waals surface area contributed by atoms with Gasteiger partial charge in [0.15, 0.2) is 0 Å². The maximum Gasteiger partial charge on any atom is 0.327 e. The van der Waals surface area contributed by atoms with Crippen molar-refractivity contribution < 1.29 is 19.2 Å². The van der Waals surface area contributed by atoms with Gasteiger partial charge in [-0.25, -0.2) is 9.18 Å². The number of anilines is 1. The van der Waals surface area contributed by atoms with Crippen LogP contribution in [0, 0.1) is 31.8 Å². The third-order valence-electron chi connectivity index (χ3n) is 2.19.